The van der Waals surface area contributed by atoms with Crippen LogP contribution in [0.1, 0.15) is 24.6 Å². The van der Waals surface area contributed by atoms with Crippen LogP contribution in [0, 0.1) is 6.92 Å². The van der Waals surface area contributed by atoms with Crippen molar-refractivity contribution in [3.05, 3.63) is 35.7 Å². The van der Waals surface area contributed by atoms with Gasteiger partial charge in [-0.3, -0.25) is 4.98 Å². The Hall–Kier alpha value is -1.31. The van der Waals surface area contributed by atoms with Crippen molar-refractivity contribution in [3.8, 4) is 0 Å². The number of rotatable bonds is 2. The number of hydrogen-bond donors (Lipinski definition) is 1. The van der Waals surface area contributed by atoms with Crippen molar-refractivity contribution in [1.82, 2.24) is 4.98 Å². The summed E-state index contributed by atoms with van der Waals surface area (Å²) in [5.74, 6) is 0. The largest absolute Gasteiger partial charge is 0.398 e. The van der Waals surface area contributed by atoms with Crippen molar-refractivity contribution >= 4 is 5.70 Å². The molecule has 0 radical (unpaired) electrons. The monoisotopic (exact) mass is 162 g/mol. The van der Waals surface area contributed by atoms with Crippen molar-refractivity contribution < 1.29 is 0 Å². The molecule has 0 amide bonds. The van der Waals surface area contributed by atoms with Gasteiger partial charge < -0.3 is 5.73 Å². The van der Waals surface area contributed by atoms with E-state index in [0.29, 0.717) is 0 Å². The van der Waals surface area contributed by atoms with Gasteiger partial charge in [0, 0.05) is 23.2 Å². The van der Waals surface area contributed by atoms with E-state index in [-0.39, 0.29) is 0 Å². The van der Waals surface area contributed by atoms with Crippen LogP contribution in [0.25, 0.3) is 5.70 Å². The summed E-state index contributed by atoms with van der Waals surface area (Å²) in [6.45, 7) is 4.03. The molecule has 2 nitrogen and oxygen atoms in total. The highest BCUT2D eigenvalue weighted by Crippen LogP contribution is 2.07. The number of aromatic nitrogens is 1. The molecule has 12 heavy (non-hydrogen) atoms. The van der Waals surface area contributed by atoms with Crippen molar-refractivity contribution in [2.24, 2.45) is 5.73 Å². The Balaban J connectivity index is 2.89. The first-order valence-corrected chi connectivity index (χ1v) is 4.12. The van der Waals surface area contributed by atoms with Crippen molar-refractivity contribution in [2.45, 2.75) is 20.3 Å². The molecule has 0 aliphatic carbocycles. The fraction of sp³-hybridized carbons (Fsp3) is 0.300. The summed E-state index contributed by atoms with van der Waals surface area (Å²) in [4.78, 5) is 4.16. The van der Waals surface area contributed by atoms with Crippen LogP contribution in [-0.2, 0) is 0 Å². The molecule has 0 bridgehead atoms. The number of aryl methyl sites for hydroxylation is 1. The molecular formula is C10H14N2. The lowest BCUT2D eigenvalue weighted by Crippen LogP contribution is -1.96. The third-order valence-corrected chi connectivity index (χ3v) is 1.67. The molecular weight excluding hydrogens is 148 g/mol. The number of hydrogen-bond acceptors (Lipinski definition) is 2. The predicted octanol–water partition coefficient (Wildman–Crippen LogP) is 2.10. The van der Waals surface area contributed by atoms with E-state index in [4.69, 9.17) is 5.73 Å². The van der Waals surface area contributed by atoms with Gasteiger partial charge in [0.1, 0.15) is 0 Å². The standard InChI is InChI=1S/C10H14N2/c1-3-4-10(11)9-6-5-8(2)12-7-9/h4-7H,3,11H2,1-2H3/b10-4+. The molecule has 1 rings (SSSR count). The van der Waals surface area contributed by atoms with Crippen molar-refractivity contribution in [2.75, 3.05) is 0 Å². The molecule has 2 heteroatoms. The third kappa shape index (κ3) is 2.09. The highest BCUT2D eigenvalue weighted by Gasteiger charge is 1.94. The van der Waals surface area contributed by atoms with Crippen molar-refractivity contribution in [3.63, 3.8) is 0 Å². The number of nitrogens with zero attached hydrogens (tertiary/aromatic N) is 1. The molecule has 1 heterocycles. The van der Waals surface area contributed by atoms with E-state index in [1.165, 1.54) is 0 Å². The van der Waals surface area contributed by atoms with Crippen LogP contribution in [0.2, 0.25) is 0 Å². The average molecular weight is 162 g/mol. The fourth-order valence-electron chi connectivity index (χ4n) is 0.976. The molecule has 0 aliphatic rings. The summed E-state index contributed by atoms with van der Waals surface area (Å²) < 4.78 is 0. The van der Waals surface area contributed by atoms with E-state index in [1.54, 1.807) is 6.20 Å². The summed E-state index contributed by atoms with van der Waals surface area (Å²) in [5.41, 5.74) is 8.61. The molecule has 1 aromatic heterocycles. The van der Waals surface area contributed by atoms with E-state index >= 15 is 0 Å². The zero-order chi connectivity index (χ0) is 8.97. The number of pyridine rings is 1. The first-order chi connectivity index (χ1) is 5.74. The van der Waals surface area contributed by atoms with Crippen LogP contribution in [-0.4, -0.2) is 4.98 Å². The summed E-state index contributed by atoms with van der Waals surface area (Å²) in [5, 5.41) is 0. The van der Waals surface area contributed by atoms with Gasteiger partial charge in [0.2, 0.25) is 0 Å². The van der Waals surface area contributed by atoms with Gasteiger partial charge in [-0.2, -0.15) is 0 Å². The van der Waals surface area contributed by atoms with Gasteiger partial charge in [0.05, 0.1) is 0 Å². The molecule has 0 aliphatic heterocycles. The lowest BCUT2D eigenvalue weighted by Gasteiger charge is -2.00. The lowest BCUT2D eigenvalue weighted by molar-refractivity contribution is 1.17. The molecule has 0 saturated heterocycles. The van der Waals surface area contributed by atoms with Gasteiger partial charge in [-0.15, -0.1) is 0 Å². The minimum Gasteiger partial charge on any atom is -0.398 e. The summed E-state index contributed by atoms with van der Waals surface area (Å²) >= 11 is 0. The van der Waals surface area contributed by atoms with E-state index in [2.05, 4.69) is 11.9 Å². The van der Waals surface area contributed by atoms with Gasteiger partial charge in [-0.1, -0.05) is 13.0 Å². The normalized spacial score (nSPS) is 11.7. The van der Waals surface area contributed by atoms with E-state index in [9.17, 15) is 0 Å². The first kappa shape index (κ1) is 8.78. The Kier molecular flexibility index (Phi) is 2.86. The number of nitrogens with two attached hydrogens (primary N) is 1. The molecule has 0 spiro atoms. The second kappa shape index (κ2) is 3.90. The summed E-state index contributed by atoms with van der Waals surface area (Å²) in [6, 6.07) is 3.95. The van der Waals surface area contributed by atoms with Crippen LogP contribution in [0.15, 0.2) is 24.4 Å². The van der Waals surface area contributed by atoms with Gasteiger partial charge in [-0.05, 0) is 25.5 Å². The lowest BCUT2D eigenvalue weighted by atomic mass is 10.2. The number of allylic oxidation sites excluding steroid dienone is 1. The van der Waals surface area contributed by atoms with Crippen molar-refractivity contribution in [1.29, 1.82) is 0 Å². The quantitative estimate of drug-likeness (QED) is 0.723. The van der Waals surface area contributed by atoms with E-state index in [1.807, 2.05) is 25.1 Å². The minimum atomic E-state index is 0.810. The molecule has 64 valence electrons. The van der Waals surface area contributed by atoms with Gasteiger partial charge in [0.15, 0.2) is 0 Å². The Bertz CT molecular complexity index is 272. The van der Waals surface area contributed by atoms with Gasteiger partial charge in [-0.25, -0.2) is 0 Å². The highest BCUT2D eigenvalue weighted by atomic mass is 14.7. The highest BCUT2D eigenvalue weighted by molar-refractivity contribution is 5.61. The molecule has 1 aromatic rings. The van der Waals surface area contributed by atoms with Gasteiger partial charge >= 0.3 is 0 Å². The second-order valence-electron chi connectivity index (χ2n) is 2.76. The zero-order valence-electron chi connectivity index (χ0n) is 7.54. The van der Waals surface area contributed by atoms with Crippen LogP contribution < -0.4 is 5.73 Å². The summed E-state index contributed by atoms with van der Waals surface area (Å²) in [7, 11) is 0. The smallest absolute Gasteiger partial charge is 0.0373 e. The van der Waals surface area contributed by atoms with Crippen LogP contribution in [0.3, 0.4) is 0 Å². The maximum Gasteiger partial charge on any atom is 0.0373 e. The maximum atomic E-state index is 5.78. The summed E-state index contributed by atoms with van der Waals surface area (Å²) in [6.07, 6.45) is 4.75. The van der Waals surface area contributed by atoms with Crippen LogP contribution in [0.5, 0.6) is 0 Å². The second-order valence-corrected chi connectivity index (χ2v) is 2.76. The topological polar surface area (TPSA) is 38.9 Å². The maximum absolute atomic E-state index is 5.78. The van der Waals surface area contributed by atoms with Crippen LogP contribution >= 0.6 is 0 Å². The Labute approximate surface area is 73.1 Å². The molecule has 0 unspecified atom stereocenters. The molecule has 0 atom stereocenters. The SMILES string of the molecule is CC/C=C(/N)c1ccc(C)nc1. The van der Waals surface area contributed by atoms with Crippen LogP contribution in [0.4, 0.5) is 0 Å². The Morgan fingerprint density at radius 1 is 1.58 bits per heavy atom. The first-order valence-electron chi connectivity index (χ1n) is 4.12. The molecule has 0 saturated carbocycles. The minimum absolute atomic E-state index is 0.810. The van der Waals surface area contributed by atoms with Gasteiger partial charge in [0.25, 0.3) is 0 Å². The molecule has 2 N–H and O–H groups in total. The van der Waals surface area contributed by atoms with E-state index < -0.39 is 0 Å². The third-order valence-electron chi connectivity index (χ3n) is 1.67. The Morgan fingerprint density at radius 2 is 2.33 bits per heavy atom. The molecule has 0 fully saturated rings. The fourth-order valence-corrected chi connectivity index (χ4v) is 0.976. The average Bonchev–Trinajstić information content (AvgIpc) is 2.06. The zero-order valence-corrected chi connectivity index (χ0v) is 7.54. The molecule has 0 aromatic carbocycles. The van der Waals surface area contributed by atoms with E-state index in [0.717, 1.165) is 23.4 Å². The Morgan fingerprint density at radius 3 is 2.83 bits per heavy atom. The predicted molar refractivity (Wildman–Crippen MR) is 51.4 cm³/mol.